The van der Waals surface area contributed by atoms with Crippen LogP contribution in [0.2, 0.25) is 0 Å². The maximum atomic E-state index is 10.0. The van der Waals surface area contributed by atoms with Crippen LogP contribution in [0.1, 0.15) is 11.8 Å². The fourth-order valence-electron chi connectivity index (χ4n) is 1.85. The Balaban J connectivity index is 2.28. The number of benzene rings is 1. The van der Waals surface area contributed by atoms with Crippen LogP contribution in [0, 0.1) is 0 Å². The van der Waals surface area contributed by atoms with Gasteiger partial charge < -0.3 is 14.6 Å². The molecule has 2 aromatic rings. The van der Waals surface area contributed by atoms with Gasteiger partial charge in [-0.25, -0.2) is 4.68 Å². The molecule has 6 nitrogen and oxygen atoms in total. The molecular formula is C13H16BrN3O3. The van der Waals surface area contributed by atoms with Gasteiger partial charge in [-0.2, -0.15) is 0 Å². The van der Waals surface area contributed by atoms with E-state index >= 15 is 0 Å². The smallest absolute Gasteiger partial charge is 0.188 e. The van der Waals surface area contributed by atoms with Gasteiger partial charge in [-0.05, 0) is 24.3 Å². The van der Waals surface area contributed by atoms with Gasteiger partial charge in [-0.15, -0.1) is 5.10 Å². The van der Waals surface area contributed by atoms with Crippen LogP contribution in [0.3, 0.4) is 0 Å². The van der Waals surface area contributed by atoms with E-state index in [1.165, 1.54) is 0 Å². The molecule has 0 amide bonds. The molecule has 0 aliphatic heterocycles. The number of aliphatic hydroxyl groups is 1. The van der Waals surface area contributed by atoms with Crippen LogP contribution < -0.4 is 4.74 Å². The number of aliphatic hydroxyl groups excluding tert-OH is 1. The van der Waals surface area contributed by atoms with E-state index in [2.05, 4.69) is 26.2 Å². The number of aromatic nitrogens is 3. The van der Waals surface area contributed by atoms with E-state index in [-0.39, 0.29) is 6.79 Å². The summed E-state index contributed by atoms with van der Waals surface area (Å²) in [6.45, 7) is 0.206. The summed E-state index contributed by atoms with van der Waals surface area (Å²) in [6, 6.07) is 7.40. The number of hydrogen-bond acceptors (Lipinski definition) is 5. The first-order chi connectivity index (χ1) is 9.67. The first-order valence-corrected chi connectivity index (χ1v) is 7.15. The van der Waals surface area contributed by atoms with Crippen LogP contribution in [0.5, 0.6) is 5.75 Å². The lowest BCUT2D eigenvalue weighted by molar-refractivity contribution is 0.0511. The van der Waals surface area contributed by atoms with Crippen LogP contribution in [0.4, 0.5) is 0 Å². The Kier molecular flexibility index (Phi) is 5.11. The Hall–Kier alpha value is -1.44. The van der Waals surface area contributed by atoms with Crippen molar-refractivity contribution in [2.45, 2.75) is 6.10 Å². The molecule has 1 heterocycles. The zero-order valence-corrected chi connectivity index (χ0v) is 12.9. The fraction of sp³-hybridized carbons (Fsp3) is 0.385. The van der Waals surface area contributed by atoms with Crippen LogP contribution in [-0.2, 0) is 11.8 Å². The minimum absolute atomic E-state index is 0.206. The third-order valence-electron chi connectivity index (χ3n) is 2.80. The van der Waals surface area contributed by atoms with Crippen molar-refractivity contribution >= 4 is 15.9 Å². The molecule has 1 aromatic carbocycles. The molecule has 0 radical (unpaired) electrons. The van der Waals surface area contributed by atoms with Gasteiger partial charge in [-0.3, -0.25) is 0 Å². The number of methoxy groups -OCH3 is 1. The van der Waals surface area contributed by atoms with E-state index < -0.39 is 6.10 Å². The third-order valence-corrected chi connectivity index (χ3v) is 3.42. The van der Waals surface area contributed by atoms with Crippen molar-refractivity contribution in [1.82, 2.24) is 15.0 Å². The first-order valence-electron chi connectivity index (χ1n) is 6.03. The Morgan fingerprint density at radius 1 is 1.35 bits per heavy atom. The lowest BCUT2D eigenvalue weighted by Gasteiger charge is -2.10. The van der Waals surface area contributed by atoms with Crippen molar-refractivity contribution in [2.24, 2.45) is 7.05 Å². The van der Waals surface area contributed by atoms with Crippen LogP contribution in [-0.4, -0.2) is 39.3 Å². The molecule has 7 heteroatoms. The third kappa shape index (κ3) is 3.17. The van der Waals surface area contributed by atoms with Gasteiger partial charge in [0.2, 0.25) is 0 Å². The Bertz CT molecular complexity index is 556. The molecule has 1 atom stereocenters. The lowest BCUT2D eigenvalue weighted by Crippen LogP contribution is -2.07. The molecule has 1 N–H and O–H groups in total. The monoisotopic (exact) mass is 341 g/mol. The Morgan fingerprint density at radius 3 is 2.65 bits per heavy atom. The second-order valence-electron chi connectivity index (χ2n) is 4.19. The molecule has 1 aromatic heterocycles. The van der Waals surface area contributed by atoms with E-state index in [0.29, 0.717) is 22.5 Å². The second kappa shape index (κ2) is 6.83. The SMILES string of the molecule is COCOc1ccc(-c2nnn(C)c2C(O)CBr)cc1. The number of nitrogens with zero attached hydrogens (tertiary/aromatic N) is 3. The molecule has 0 fully saturated rings. The number of ether oxygens (including phenoxy) is 2. The second-order valence-corrected chi connectivity index (χ2v) is 4.84. The Labute approximate surface area is 125 Å². The van der Waals surface area contributed by atoms with E-state index in [0.717, 1.165) is 5.56 Å². The highest BCUT2D eigenvalue weighted by atomic mass is 79.9. The largest absolute Gasteiger partial charge is 0.468 e. The zero-order valence-electron chi connectivity index (χ0n) is 11.3. The van der Waals surface area contributed by atoms with Gasteiger partial charge >= 0.3 is 0 Å². The normalized spacial score (nSPS) is 12.4. The molecule has 1 unspecified atom stereocenters. The molecule has 0 saturated heterocycles. The highest BCUT2D eigenvalue weighted by Gasteiger charge is 2.19. The molecule has 0 saturated carbocycles. The summed E-state index contributed by atoms with van der Waals surface area (Å²) < 4.78 is 11.8. The molecule has 20 heavy (non-hydrogen) atoms. The van der Waals surface area contributed by atoms with Crippen molar-refractivity contribution in [3.8, 4) is 17.0 Å². The summed E-state index contributed by atoms with van der Waals surface area (Å²) in [5.74, 6) is 0.710. The fourth-order valence-corrected chi connectivity index (χ4v) is 2.16. The average molecular weight is 342 g/mol. The standard InChI is InChI=1S/C13H16BrN3O3/c1-17-13(11(18)7-14)12(15-16-17)9-3-5-10(6-4-9)20-8-19-2/h3-6,11,18H,7-8H2,1-2H3. The van der Waals surface area contributed by atoms with Crippen molar-refractivity contribution in [3.63, 3.8) is 0 Å². The van der Waals surface area contributed by atoms with Crippen LogP contribution in [0.15, 0.2) is 24.3 Å². The highest BCUT2D eigenvalue weighted by molar-refractivity contribution is 9.09. The van der Waals surface area contributed by atoms with E-state index in [1.54, 1.807) is 18.8 Å². The van der Waals surface area contributed by atoms with Crippen LogP contribution in [0.25, 0.3) is 11.3 Å². The van der Waals surface area contributed by atoms with Crippen molar-refractivity contribution < 1.29 is 14.6 Å². The molecular weight excluding hydrogens is 326 g/mol. The quantitative estimate of drug-likeness (QED) is 0.641. The summed E-state index contributed by atoms with van der Waals surface area (Å²) in [7, 11) is 3.33. The van der Waals surface area contributed by atoms with Gasteiger partial charge in [0.1, 0.15) is 17.5 Å². The van der Waals surface area contributed by atoms with Gasteiger partial charge in [0.05, 0.1) is 5.69 Å². The van der Waals surface area contributed by atoms with Gasteiger partial charge in [-0.1, -0.05) is 21.1 Å². The summed E-state index contributed by atoms with van der Waals surface area (Å²) in [5, 5.41) is 18.5. The number of aryl methyl sites for hydroxylation is 1. The van der Waals surface area contributed by atoms with Crippen molar-refractivity contribution in [2.75, 3.05) is 19.2 Å². The van der Waals surface area contributed by atoms with Crippen molar-refractivity contribution in [1.29, 1.82) is 0 Å². The minimum atomic E-state index is -0.658. The van der Waals surface area contributed by atoms with Gasteiger partial charge in [0, 0.05) is 25.1 Å². The van der Waals surface area contributed by atoms with Gasteiger partial charge in [0.25, 0.3) is 0 Å². The van der Waals surface area contributed by atoms with Crippen molar-refractivity contribution in [3.05, 3.63) is 30.0 Å². The summed E-state index contributed by atoms with van der Waals surface area (Å²) >= 11 is 3.26. The van der Waals surface area contributed by atoms with E-state index in [9.17, 15) is 5.11 Å². The predicted octanol–water partition coefficient (Wildman–Crippen LogP) is 1.89. The summed E-state index contributed by atoms with van der Waals surface area (Å²) in [4.78, 5) is 0. The molecule has 0 bridgehead atoms. The van der Waals surface area contributed by atoms with Gasteiger partial charge in [0.15, 0.2) is 6.79 Å². The number of rotatable bonds is 6. The van der Waals surface area contributed by atoms with Crippen LogP contribution >= 0.6 is 15.9 Å². The minimum Gasteiger partial charge on any atom is -0.468 e. The zero-order chi connectivity index (χ0) is 14.5. The molecule has 2 rings (SSSR count). The summed E-state index contributed by atoms with van der Waals surface area (Å²) in [5.41, 5.74) is 2.21. The maximum Gasteiger partial charge on any atom is 0.188 e. The van der Waals surface area contributed by atoms with E-state index in [4.69, 9.17) is 9.47 Å². The van der Waals surface area contributed by atoms with E-state index in [1.807, 2.05) is 24.3 Å². The number of alkyl halides is 1. The lowest BCUT2D eigenvalue weighted by atomic mass is 10.1. The Morgan fingerprint density at radius 2 is 2.05 bits per heavy atom. The highest BCUT2D eigenvalue weighted by Crippen LogP contribution is 2.28. The molecule has 0 spiro atoms. The topological polar surface area (TPSA) is 69.4 Å². The first kappa shape index (κ1) is 15.0. The average Bonchev–Trinajstić information content (AvgIpc) is 2.86. The number of halogens is 1. The maximum absolute atomic E-state index is 10.0. The predicted molar refractivity (Wildman–Crippen MR) is 77.7 cm³/mol. The number of hydrogen-bond donors (Lipinski definition) is 1. The summed E-state index contributed by atoms with van der Waals surface area (Å²) in [6.07, 6.45) is -0.658. The molecule has 0 aliphatic carbocycles. The molecule has 108 valence electrons. The molecule has 0 aliphatic rings.